The van der Waals surface area contributed by atoms with E-state index in [1.54, 1.807) is 18.3 Å². The summed E-state index contributed by atoms with van der Waals surface area (Å²) in [4.78, 5) is 18.0. The molecule has 1 aromatic rings. The minimum absolute atomic E-state index is 0.0419. The van der Waals surface area contributed by atoms with E-state index >= 15 is 0 Å². The van der Waals surface area contributed by atoms with Gasteiger partial charge in [0.1, 0.15) is 11.4 Å². The van der Waals surface area contributed by atoms with Gasteiger partial charge >= 0.3 is 6.09 Å². The van der Waals surface area contributed by atoms with Gasteiger partial charge in [0.25, 0.3) is 0 Å². The highest BCUT2D eigenvalue weighted by Gasteiger charge is 2.38. The highest BCUT2D eigenvalue weighted by molar-refractivity contribution is 5.87. The molecule has 0 aromatic carbocycles. The van der Waals surface area contributed by atoms with E-state index in [1.165, 1.54) is 4.90 Å². The number of hydrogen-bond donors (Lipinski definition) is 1. The van der Waals surface area contributed by atoms with Crippen LogP contribution >= 0.6 is 0 Å². The number of nitrogens with zero attached hydrogens (tertiary/aromatic N) is 2. The van der Waals surface area contributed by atoms with Gasteiger partial charge in [-0.05, 0) is 45.7 Å². The molecule has 1 fully saturated rings. The molecule has 1 heterocycles. The van der Waals surface area contributed by atoms with Crippen LogP contribution in [0.3, 0.4) is 0 Å². The SMILES string of the molecule is CC(C)(C)OC(=O)N(c1ccccn1)[C@H]1C[C@@H](O)C1. The van der Waals surface area contributed by atoms with Crippen molar-refractivity contribution in [1.29, 1.82) is 0 Å². The Hall–Kier alpha value is -1.62. The second-order valence-electron chi connectivity index (χ2n) is 5.82. The fourth-order valence-electron chi connectivity index (χ4n) is 2.01. The first-order chi connectivity index (χ1) is 8.87. The number of hydrogen-bond acceptors (Lipinski definition) is 4. The minimum atomic E-state index is -0.549. The summed E-state index contributed by atoms with van der Waals surface area (Å²) in [5, 5.41) is 9.43. The molecular formula is C14H20N2O3. The van der Waals surface area contributed by atoms with Gasteiger partial charge in [-0.1, -0.05) is 6.07 Å². The molecule has 0 radical (unpaired) electrons. The molecule has 5 heteroatoms. The lowest BCUT2D eigenvalue weighted by Gasteiger charge is -2.40. The lowest BCUT2D eigenvalue weighted by molar-refractivity contribution is 0.0415. The molecule has 1 amide bonds. The number of ether oxygens (including phenoxy) is 1. The summed E-state index contributed by atoms with van der Waals surface area (Å²) in [6.07, 6.45) is 2.02. The maximum Gasteiger partial charge on any atom is 0.416 e. The second kappa shape index (κ2) is 5.17. The Morgan fingerprint density at radius 2 is 2.11 bits per heavy atom. The van der Waals surface area contributed by atoms with Crippen molar-refractivity contribution in [3.05, 3.63) is 24.4 Å². The Balaban J connectivity index is 2.18. The van der Waals surface area contributed by atoms with Gasteiger partial charge in [0.2, 0.25) is 0 Å². The molecule has 0 atom stereocenters. The first-order valence-electron chi connectivity index (χ1n) is 6.48. The van der Waals surface area contributed by atoms with Gasteiger partial charge in [-0.15, -0.1) is 0 Å². The van der Waals surface area contributed by atoms with Gasteiger partial charge in [-0.2, -0.15) is 0 Å². The van der Waals surface area contributed by atoms with E-state index in [9.17, 15) is 9.90 Å². The number of carbonyl (C=O) groups is 1. The number of rotatable bonds is 2. The average molecular weight is 264 g/mol. The quantitative estimate of drug-likeness (QED) is 0.890. The van der Waals surface area contributed by atoms with E-state index < -0.39 is 11.7 Å². The van der Waals surface area contributed by atoms with Crippen molar-refractivity contribution < 1.29 is 14.6 Å². The summed E-state index contributed by atoms with van der Waals surface area (Å²) in [5.41, 5.74) is -0.549. The molecule has 1 saturated carbocycles. The molecule has 1 aliphatic rings. The number of amides is 1. The molecule has 5 nitrogen and oxygen atoms in total. The van der Waals surface area contributed by atoms with Crippen LogP contribution in [0.5, 0.6) is 0 Å². The van der Waals surface area contributed by atoms with Crippen LogP contribution in [-0.2, 0) is 4.74 Å². The number of aromatic nitrogens is 1. The van der Waals surface area contributed by atoms with Gasteiger partial charge in [0, 0.05) is 12.2 Å². The number of pyridine rings is 1. The first-order valence-corrected chi connectivity index (χ1v) is 6.48. The molecular weight excluding hydrogens is 244 g/mol. The summed E-state index contributed by atoms with van der Waals surface area (Å²) < 4.78 is 5.41. The zero-order valence-electron chi connectivity index (χ0n) is 11.5. The van der Waals surface area contributed by atoms with Crippen molar-refractivity contribution >= 4 is 11.9 Å². The summed E-state index contributed by atoms with van der Waals surface area (Å²) in [6, 6.07) is 5.36. The molecule has 0 bridgehead atoms. The van der Waals surface area contributed by atoms with Crippen LogP contribution in [-0.4, -0.2) is 33.9 Å². The van der Waals surface area contributed by atoms with Crippen molar-refractivity contribution in [3.8, 4) is 0 Å². The maximum atomic E-state index is 12.3. The van der Waals surface area contributed by atoms with Crippen LogP contribution in [0.25, 0.3) is 0 Å². The van der Waals surface area contributed by atoms with Gasteiger partial charge in [0.05, 0.1) is 6.10 Å². The molecule has 0 aliphatic heterocycles. The van der Waals surface area contributed by atoms with E-state index in [-0.39, 0.29) is 12.1 Å². The van der Waals surface area contributed by atoms with Gasteiger partial charge in [0.15, 0.2) is 0 Å². The molecule has 0 saturated heterocycles. The van der Waals surface area contributed by atoms with Crippen molar-refractivity contribution in [3.63, 3.8) is 0 Å². The lowest BCUT2D eigenvalue weighted by Crippen LogP contribution is -2.51. The predicted octanol–water partition coefficient (Wildman–Crippen LogP) is 2.35. The zero-order chi connectivity index (χ0) is 14.0. The van der Waals surface area contributed by atoms with Crippen LogP contribution in [0.15, 0.2) is 24.4 Å². The van der Waals surface area contributed by atoms with E-state index in [4.69, 9.17) is 4.74 Å². The summed E-state index contributed by atoms with van der Waals surface area (Å²) in [6.45, 7) is 5.49. The number of carbonyl (C=O) groups excluding carboxylic acids is 1. The van der Waals surface area contributed by atoms with Gasteiger partial charge in [-0.25, -0.2) is 9.78 Å². The Kier molecular flexibility index (Phi) is 3.75. The van der Waals surface area contributed by atoms with Crippen LogP contribution in [0.1, 0.15) is 33.6 Å². The molecule has 1 aliphatic carbocycles. The van der Waals surface area contributed by atoms with Gasteiger partial charge in [-0.3, -0.25) is 4.90 Å². The fraction of sp³-hybridized carbons (Fsp3) is 0.571. The van der Waals surface area contributed by atoms with Crippen molar-refractivity contribution in [2.45, 2.75) is 51.4 Å². The van der Waals surface area contributed by atoms with Crippen LogP contribution < -0.4 is 4.90 Å². The molecule has 2 rings (SSSR count). The Morgan fingerprint density at radius 3 is 2.58 bits per heavy atom. The highest BCUT2D eigenvalue weighted by Crippen LogP contribution is 2.30. The third kappa shape index (κ3) is 3.44. The Morgan fingerprint density at radius 1 is 1.42 bits per heavy atom. The number of aliphatic hydroxyl groups is 1. The minimum Gasteiger partial charge on any atom is -0.443 e. The third-order valence-electron chi connectivity index (χ3n) is 2.94. The first kappa shape index (κ1) is 13.8. The van der Waals surface area contributed by atoms with Crippen LogP contribution in [0, 0.1) is 0 Å². The smallest absolute Gasteiger partial charge is 0.416 e. The molecule has 1 aromatic heterocycles. The Bertz CT molecular complexity index is 436. The predicted molar refractivity (Wildman–Crippen MR) is 72.0 cm³/mol. The molecule has 104 valence electrons. The topological polar surface area (TPSA) is 62.7 Å². The van der Waals surface area contributed by atoms with Crippen molar-refractivity contribution in [2.24, 2.45) is 0 Å². The average Bonchev–Trinajstić information content (AvgIpc) is 2.26. The molecule has 0 unspecified atom stereocenters. The van der Waals surface area contributed by atoms with Crippen LogP contribution in [0.4, 0.5) is 10.6 Å². The van der Waals surface area contributed by atoms with Crippen molar-refractivity contribution in [1.82, 2.24) is 4.98 Å². The fourth-order valence-corrected chi connectivity index (χ4v) is 2.01. The van der Waals surface area contributed by atoms with E-state index in [1.807, 2.05) is 26.8 Å². The largest absolute Gasteiger partial charge is 0.443 e. The van der Waals surface area contributed by atoms with Crippen LogP contribution in [0.2, 0.25) is 0 Å². The highest BCUT2D eigenvalue weighted by atomic mass is 16.6. The summed E-state index contributed by atoms with van der Waals surface area (Å²) >= 11 is 0. The van der Waals surface area contributed by atoms with E-state index in [0.717, 1.165) is 0 Å². The number of aliphatic hydroxyl groups excluding tert-OH is 1. The normalized spacial score (nSPS) is 22.5. The molecule has 1 N–H and O–H groups in total. The Labute approximate surface area is 113 Å². The van der Waals surface area contributed by atoms with Gasteiger partial charge < -0.3 is 9.84 Å². The maximum absolute atomic E-state index is 12.3. The molecule has 0 spiro atoms. The van der Waals surface area contributed by atoms with E-state index in [2.05, 4.69) is 4.98 Å². The van der Waals surface area contributed by atoms with E-state index in [0.29, 0.717) is 18.7 Å². The number of anilines is 1. The monoisotopic (exact) mass is 264 g/mol. The third-order valence-corrected chi connectivity index (χ3v) is 2.94. The zero-order valence-corrected chi connectivity index (χ0v) is 11.5. The lowest BCUT2D eigenvalue weighted by atomic mass is 9.88. The summed E-state index contributed by atoms with van der Waals surface area (Å²) in [7, 11) is 0. The molecule has 19 heavy (non-hydrogen) atoms. The second-order valence-corrected chi connectivity index (χ2v) is 5.82. The van der Waals surface area contributed by atoms with Crippen molar-refractivity contribution in [2.75, 3.05) is 4.90 Å². The summed E-state index contributed by atoms with van der Waals surface area (Å²) in [5.74, 6) is 0.564. The standard InChI is InChI=1S/C14H20N2O3/c1-14(2,3)19-13(18)16(10-8-11(17)9-10)12-6-4-5-7-15-12/h4-7,10-11,17H,8-9H2,1-3H3/t10-,11+.